The summed E-state index contributed by atoms with van der Waals surface area (Å²) in [6, 6.07) is 5.18. The second-order valence-corrected chi connectivity index (χ2v) is 8.31. The van der Waals surface area contributed by atoms with Gasteiger partial charge in [0, 0.05) is 16.6 Å². The average Bonchev–Trinajstić information content (AvgIpc) is 2.94. The molecule has 0 aliphatic rings. The molecule has 2 aromatic rings. The van der Waals surface area contributed by atoms with Gasteiger partial charge in [-0.15, -0.1) is 10.2 Å². The van der Waals surface area contributed by atoms with Crippen LogP contribution in [0.4, 0.5) is 0 Å². The number of nitrogens with zero attached hydrogens (tertiary/aromatic N) is 3. The zero-order valence-electron chi connectivity index (χ0n) is 15.0. The number of nitrogens with one attached hydrogen (secondary N) is 1. The average molecular weight is 416 g/mol. The maximum absolute atomic E-state index is 12.1. The Morgan fingerprint density at radius 2 is 2.00 bits per heavy atom. The number of nitrogen functional groups attached to an aromatic ring is 1. The summed E-state index contributed by atoms with van der Waals surface area (Å²) in [5, 5.41) is 12.5. The molecule has 0 unspecified atom stereocenters. The van der Waals surface area contributed by atoms with Crippen LogP contribution in [0.5, 0.6) is 0 Å². The van der Waals surface area contributed by atoms with Crippen LogP contribution in [0.3, 0.4) is 0 Å². The number of amides is 1. The zero-order valence-corrected chi connectivity index (χ0v) is 17.3. The Morgan fingerprint density at radius 3 is 2.69 bits per heavy atom. The molecule has 2 rings (SSSR count). The second-order valence-electron chi connectivity index (χ2n) is 6.53. The number of rotatable bonds is 8. The van der Waals surface area contributed by atoms with Gasteiger partial charge in [0.05, 0.1) is 10.8 Å². The lowest BCUT2D eigenvalue weighted by molar-refractivity contribution is -0.119. The van der Waals surface area contributed by atoms with E-state index in [1.54, 1.807) is 18.2 Å². The van der Waals surface area contributed by atoms with Gasteiger partial charge in [-0.05, 0) is 43.9 Å². The maximum Gasteiger partial charge on any atom is 0.230 e. The number of carbonyl (C=O) groups is 1. The summed E-state index contributed by atoms with van der Waals surface area (Å²) in [5.74, 6) is 7.23. The molecule has 0 saturated heterocycles. The predicted octanol–water partition coefficient (Wildman–Crippen LogP) is 4.00. The topological polar surface area (TPSA) is 85.8 Å². The van der Waals surface area contributed by atoms with E-state index in [1.165, 1.54) is 16.4 Å². The van der Waals surface area contributed by atoms with Gasteiger partial charge >= 0.3 is 0 Å². The van der Waals surface area contributed by atoms with Crippen LogP contribution >= 0.6 is 35.0 Å². The van der Waals surface area contributed by atoms with E-state index in [0.29, 0.717) is 32.5 Å². The molecule has 1 aromatic carbocycles. The fourth-order valence-electron chi connectivity index (χ4n) is 2.33. The molecule has 0 spiro atoms. The third-order valence-corrected chi connectivity index (χ3v) is 5.26. The summed E-state index contributed by atoms with van der Waals surface area (Å²) in [7, 11) is 0. The number of thioether (sulfide) groups is 1. The van der Waals surface area contributed by atoms with Gasteiger partial charge in [0.1, 0.15) is 0 Å². The van der Waals surface area contributed by atoms with Crippen molar-refractivity contribution >= 4 is 40.9 Å². The van der Waals surface area contributed by atoms with Crippen LogP contribution in [0.2, 0.25) is 10.0 Å². The van der Waals surface area contributed by atoms with E-state index in [2.05, 4.69) is 29.4 Å². The molecule has 1 heterocycles. The first-order valence-corrected chi connectivity index (χ1v) is 10.1. The molecule has 6 nitrogen and oxygen atoms in total. The number of halogens is 2. The lowest BCUT2D eigenvalue weighted by Gasteiger charge is -2.14. The highest BCUT2D eigenvalue weighted by Crippen LogP contribution is 2.30. The Labute approximate surface area is 167 Å². The molecular weight excluding hydrogens is 393 g/mol. The number of aromatic nitrogens is 3. The van der Waals surface area contributed by atoms with E-state index in [4.69, 9.17) is 29.0 Å². The minimum atomic E-state index is -0.0587. The van der Waals surface area contributed by atoms with E-state index in [9.17, 15) is 4.79 Å². The molecule has 0 saturated carbocycles. The fourth-order valence-corrected chi connectivity index (χ4v) is 3.37. The minimum Gasteiger partial charge on any atom is -0.353 e. The molecule has 0 aliphatic carbocycles. The van der Waals surface area contributed by atoms with Gasteiger partial charge in [-0.25, -0.2) is 4.68 Å². The van der Waals surface area contributed by atoms with E-state index < -0.39 is 0 Å². The van der Waals surface area contributed by atoms with Crippen LogP contribution < -0.4 is 11.2 Å². The maximum atomic E-state index is 12.1. The van der Waals surface area contributed by atoms with Crippen molar-refractivity contribution in [3.05, 3.63) is 28.2 Å². The Kier molecular flexibility index (Phi) is 7.61. The van der Waals surface area contributed by atoms with Crippen molar-refractivity contribution < 1.29 is 4.79 Å². The predicted molar refractivity (Wildman–Crippen MR) is 108 cm³/mol. The van der Waals surface area contributed by atoms with Crippen LogP contribution in [-0.4, -0.2) is 32.6 Å². The summed E-state index contributed by atoms with van der Waals surface area (Å²) in [4.78, 5) is 12.1. The summed E-state index contributed by atoms with van der Waals surface area (Å²) in [6.07, 6.45) is 2.04. The van der Waals surface area contributed by atoms with E-state index in [-0.39, 0.29) is 17.7 Å². The number of hydrogen-bond acceptors (Lipinski definition) is 5. The summed E-state index contributed by atoms with van der Waals surface area (Å²) in [5.41, 5.74) is 0.591. The highest BCUT2D eigenvalue weighted by atomic mass is 35.5. The largest absolute Gasteiger partial charge is 0.353 e. The van der Waals surface area contributed by atoms with Crippen molar-refractivity contribution in [2.24, 2.45) is 5.92 Å². The molecule has 142 valence electrons. The Bertz CT molecular complexity index is 766. The summed E-state index contributed by atoms with van der Waals surface area (Å²) in [6.45, 7) is 6.35. The third-order valence-electron chi connectivity index (χ3n) is 3.75. The van der Waals surface area contributed by atoms with Gasteiger partial charge in [0.15, 0.2) is 5.82 Å². The van der Waals surface area contributed by atoms with Gasteiger partial charge in [-0.2, -0.15) is 0 Å². The van der Waals surface area contributed by atoms with Gasteiger partial charge < -0.3 is 11.2 Å². The SMILES string of the molecule is CC(C)CC[C@@H](C)NC(=O)CSc1nnc(-c2cc(Cl)ccc2Cl)n1N. The van der Waals surface area contributed by atoms with Gasteiger partial charge in [0.2, 0.25) is 11.1 Å². The number of carbonyl (C=O) groups excluding carboxylic acids is 1. The molecule has 1 amide bonds. The Balaban J connectivity index is 1.96. The van der Waals surface area contributed by atoms with Gasteiger partial charge in [-0.3, -0.25) is 4.79 Å². The summed E-state index contributed by atoms with van der Waals surface area (Å²) >= 11 is 13.4. The molecule has 9 heteroatoms. The smallest absolute Gasteiger partial charge is 0.230 e. The van der Waals surface area contributed by atoms with E-state index in [0.717, 1.165) is 12.8 Å². The highest BCUT2D eigenvalue weighted by molar-refractivity contribution is 7.99. The number of hydrogen-bond donors (Lipinski definition) is 2. The quantitative estimate of drug-likeness (QED) is 0.502. The number of benzene rings is 1. The van der Waals surface area contributed by atoms with Crippen molar-refractivity contribution in [3.8, 4) is 11.4 Å². The number of nitrogens with two attached hydrogens (primary N) is 1. The van der Waals surface area contributed by atoms with Crippen LogP contribution in [0.25, 0.3) is 11.4 Å². The van der Waals surface area contributed by atoms with Crippen LogP contribution in [0.1, 0.15) is 33.6 Å². The molecular formula is C17H23Cl2N5OS. The second kappa shape index (κ2) is 9.48. The molecule has 0 aliphatic heterocycles. The monoisotopic (exact) mass is 415 g/mol. The molecule has 0 bridgehead atoms. The van der Waals surface area contributed by atoms with Crippen molar-refractivity contribution in [2.45, 2.75) is 44.8 Å². The van der Waals surface area contributed by atoms with E-state index >= 15 is 0 Å². The van der Waals surface area contributed by atoms with Crippen molar-refractivity contribution in [2.75, 3.05) is 11.6 Å². The van der Waals surface area contributed by atoms with Crippen molar-refractivity contribution in [1.29, 1.82) is 0 Å². The lowest BCUT2D eigenvalue weighted by atomic mass is 10.0. The van der Waals surface area contributed by atoms with Crippen LogP contribution in [0, 0.1) is 5.92 Å². The van der Waals surface area contributed by atoms with Gasteiger partial charge in [0.25, 0.3) is 0 Å². The van der Waals surface area contributed by atoms with Crippen molar-refractivity contribution in [3.63, 3.8) is 0 Å². The molecule has 1 aromatic heterocycles. The normalized spacial score (nSPS) is 12.4. The van der Waals surface area contributed by atoms with Crippen molar-refractivity contribution in [1.82, 2.24) is 20.2 Å². The third kappa shape index (κ3) is 5.79. The molecule has 0 radical (unpaired) electrons. The van der Waals surface area contributed by atoms with E-state index in [1.807, 2.05) is 6.92 Å². The van der Waals surface area contributed by atoms with Crippen LogP contribution in [-0.2, 0) is 4.79 Å². The first kappa shape index (κ1) is 20.9. The molecule has 3 N–H and O–H groups in total. The van der Waals surface area contributed by atoms with Crippen LogP contribution in [0.15, 0.2) is 23.4 Å². The molecule has 1 atom stereocenters. The fraction of sp³-hybridized carbons (Fsp3) is 0.471. The first-order valence-electron chi connectivity index (χ1n) is 8.36. The Morgan fingerprint density at radius 1 is 1.27 bits per heavy atom. The summed E-state index contributed by atoms with van der Waals surface area (Å²) < 4.78 is 1.32. The molecule has 0 fully saturated rings. The van der Waals surface area contributed by atoms with Gasteiger partial charge in [-0.1, -0.05) is 48.8 Å². The minimum absolute atomic E-state index is 0.0587. The molecule has 26 heavy (non-hydrogen) atoms. The lowest BCUT2D eigenvalue weighted by Crippen LogP contribution is -2.34. The first-order chi connectivity index (χ1) is 12.3. The highest BCUT2D eigenvalue weighted by Gasteiger charge is 2.17. The standard InChI is InChI=1S/C17H23Cl2N5OS/c1-10(2)4-5-11(3)21-15(25)9-26-17-23-22-16(24(17)20)13-8-12(18)6-7-14(13)19/h6-8,10-11H,4-5,9,20H2,1-3H3,(H,21,25)/t11-/m1/s1. The Hall–Kier alpha value is -1.44. The zero-order chi connectivity index (χ0) is 19.3.